The van der Waals surface area contributed by atoms with Crippen LogP contribution in [0.1, 0.15) is 25.7 Å². The SMILES string of the molecule is NC(CC(=O)O)C(=O)O.NC(COC(=O)C(N)CS)C(=O)O.NCCCCC(N)C(=O)O. The molecule has 4 atom stereocenters. The number of carbonyl (C=O) groups excluding carboxylic acids is 1. The number of esters is 1. The van der Waals surface area contributed by atoms with E-state index in [0.29, 0.717) is 13.0 Å². The monoisotopic (exact) mass is 487 g/mol. The fraction of sp³-hybridized carbons (Fsp3) is 0.688. The molecule has 0 aliphatic rings. The van der Waals surface area contributed by atoms with Gasteiger partial charge in [0.05, 0.1) is 6.42 Å². The second-order valence-corrected chi connectivity index (χ2v) is 6.50. The van der Waals surface area contributed by atoms with Crippen LogP contribution in [-0.2, 0) is 28.7 Å². The average molecular weight is 488 g/mol. The zero-order chi connectivity index (χ0) is 25.9. The second-order valence-electron chi connectivity index (χ2n) is 6.14. The molecule has 0 amide bonds. The Morgan fingerprint density at radius 3 is 1.53 bits per heavy atom. The molecule has 0 bridgehead atoms. The lowest BCUT2D eigenvalue weighted by Gasteiger charge is -2.10. The summed E-state index contributed by atoms with van der Waals surface area (Å²) in [5.74, 6) is -5.22. The van der Waals surface area contributed by atoms with Crippen LogP contribution in [-0.4, -0.2) is 93.3 Å². The Balaban J connectivity index is -0.000000403. The molecule has 0 fully saturated rings. The maximum atomic E-state index is 10.9. The van der Waals surface area contributed by atoms with Crippen LogP contribution >= 0.6 is 12.6 Å². The van der Waals surface area contributed by atoms with E-state index in [2.05, 4.69) is 17.4 Å². The van der Waals surface area contributed by atoms with Crippen LogP contribution in [0.2, 0.25) is 0 Å². The van der Waals surface area contributed by atoms with Crippen molar-refractivity contribution in [2.75, 3.05) is 18.9 Å². The molecule has 0 spiro atoms. The minimum atomic E-state index is -1.29. The van der Waals surface area contributed by atoms with Gasteiger partial charge < -0.3 is 53.8 Å². The Morgan fingerprint density at radius 2 is 1.22 bits per heavy atom. The number of carboxylic acids is 4. The van der Waals surface area contributed by atoms with Gasteiger partial charge in [0, 0.05) is 5.75 Å². The molecule has 0 rings (SSSR count). The van der Waals surface area contributed by atoms with Crippen molar-refractivity contribution < 1.29 is 49.1 Å². The van der Waals surface area contributed by atoms with E-state index >= 15 is 0 Å². The summed E-state index contributed by atoms with van der Waals surface area (Å²) in [5.41, 5.74) is 25.6. The lowest BCUT2D eigenvalue weighted by atomic mass is 10.1. The molecular formula is C16H33N5O10S. The zero-order valence-corrected chi connectivity index (χ0v) is 18.2. The fourth-order valence-electron chi connectivity index (χ4n) is 1.33. The van der Waals surface area contributed by atoms with Crippen LogP contribution in [0.15, 0.2) is 0 Å². The van der Waals surface area contributed by atoms with E-state index in [4.69, 9.17) is 49.1 Å². The fourth-order valence-corrected chi connectivity index (χ4v) is 1.48. The number of nitrogens with two attached hydrogens (primary N) is 5. The third-order valence-corrected chi connectivity index (χ3v) is 3.61. The van der Waals surface area contributed by atoms with Gasteiger partial charge in [-0.15, -0.1) is 0 Å². The lowest BCUT2D eigenvalue weighted by Crippen LogP contribution is -2.40. The first-order valence-electron chi connectivity index (χ1n) is 9.11. The first-order chi connectivity index (χ1) is 14.7. The van der Waals surface area contributed by atoms with Gasteiger partial charge in [0.1, 0.15) is 30.8 Å². The van der Waals surface area contributed by atoms with E-state index in [1.807, 2.05) is 0 Å². The van der Waals surface area contributed by atoms with E-state index < -0.39 is 60.4 Å². The summed E-state index contributed by atoms with van der Waals surface area (Å²) in [7, 11) is 0. The predicted molar refractivity (Wildman–Crippen MR) is 115 cm³/mol. The number of hydrogen-bond acceptors (Lipinski definition) is 12. The molecule has 14 N–H and O–H groups in total. The number of carboxylic acid groups (broad SMARTS) is 4. The number of carbonyl (C=O) groups is 5. The van der Waals surface area contributed by atoms with E-state index in [1.165, 1.54) is 0 Å². The molecule has 0 aliphatic carbocycles. The van der Waals surface area contributed by atoms with Crippen molar-refractivity contribution >= 4 is 42.5 Å². The van der Waals surface area contributed by atoms with E-state index in [0.717, 1.165) is 12.8 Å². The molecule has 0 aliphatic heterocycles. The number of rotatable bonds is 13. The first kappa shape index (κ1) is 34.1. The molecule has 188 valence electrons. The highest BCUT2D eigenvalue weighted by Gasteiger charge is 2.18. The molecule has 0 heterocycles. The Hall–Kier alpha value is -2.50. The van der Waals surface area contributed by atoms with Crippen molar-refractivity contribution in [3.8, 4) is 0 Å². The van der Waals surface area contributed by atoms with Crippen LogP contribution < -0.4 is 28.7 Å². The Bertz CT molecular complexity index is 596. The van der Waals surface area contributed by atoms with Crippen LogP contribution in [0.5, 0.6) is 0 Å². The molecule has 16 heteroatoms. The lowest BCUT2D eigenvalue weighted by molar-refractivity contribution is -0.148. The highest BCUT2D eigenvalue weighted by Crippen LogP contribution is 1.97. The largest absolute Gasteiger partial charge is 0.481 e. The van der Waals surface area contributed by atoms with E-state index in [1.54, 1.807) is 0 Å². The van der Waals surface area contributed by atoms with Gasteiger partial charge >= 0.3 is 29.8 Å². The van der Waals surface area contributed by atoms with Gasteiger partial charge in [-0.1, -0.05) is 6.42 Å². The van der Waals surface area contributed by atoms with Crippen LogP contribution in [0.25, 0.3) is 0 Å². The Morgan fingerprint density at radius 1 is 0.750 bits per heavy atom. The first-order valence-corrected chi connectivity index (χ1v) is 9.74. The Kier molecular flexibility index (Phi) is 21.8. The molecule has 0 aromatic carbocycles. The minimum Gasteiger partial charge on any atom is -0.481 e. The summed E-state index contributed by atoms with van der Waals surface area (Å²) in [6.07, 6.45) is 1.63. The molecular weight excluding hydrogens is 454 g/mol. The molecule has 0 saturated carbocycles. The molecule has 0 aromatic rings. The zero-order valence-electron chi connectivity index (χ0n) is 17.3. The second kappa shape index (κ2) is 20.4. The van der Waals surface area contributed by atoms with Gasteiger partial charge in [0.25, 0.3) is 0 Å². The highest BCUT2D eigenvalue weighted by molar-refractivity contribution is 7.80. The predicted octanol–water partition coefficient (Wildman–Crippen LogP) is -3.40. The third kappa shape index (κ3) is 22.2. The van der Waals surface area contributed by atoms with Gasteiger partial charge in [0.2, 0.25) is 0 Å². The van der Waals surface area contributed by atoms with Gasteiger partial charge in [0.15, 0.2) is 0 Å². The topological polar surface area (TPSA) is 306 Å². The minimum absolute atomic E-state index is 0.140. The van der Waals surface area contributed by atoms with Gasteiger partial charge in [-0.2, -0.15) is 12.6 Å². The smallest absolute Gasteiger partial charge is 0.324 e. The molecule has 0 saturated heterocycles. The average Bonchev–Trinajstić information content (AvgIpc) is 2.71. The van der Waals surface area contributed by atoms with Crippen molar-refractivity contribution in [3.05, 3.63) is 0 Å². The van der Waals surface area contributed by atoms with Gasteiger partial charge in [-0.3, -0.25) is 24.0 Å². The van der Waals surface area contributed by atoms with Crippen molar-refractivity contribution in [3.63, 3.8) is 0 Å². The molecule has 15 nitrogen and oxygen atoms in total. The van der Waals surface area contributed by atoms with Crippen molar-refractivity contribution in [1.29, 1.82) is 0 Å². The maximum Gasteiger partial charge on any atom is 0.324 e. The standard InChI is InChI=1S/C6H12N2O4S.C6H14N2O2.C4H7NO4/c7-3(5(9)10)1-12-6(11)4(8)2-13;7-4-2-1-3-5(8)6(9)10;5-2(4(8)9)1-3(6)7/h3-4,13H,1-2,7-8H2,(H,9,10);5H,1-4,7-8H2,(H,9,10);2H,1,5H2,(H,6,7)(H,8,9). The maximum absolute atomic E-state index is 10.9. The quantitative estimate of drug-likeness (QED) is 0.0687. The summed E-state index contributed by atoms with van der Waals surface area (Å²) >= 11 is 3.77. The van der Waals surface area contributed by atoms with E-state index in [-0.39, 0.29) is 12.4 Å². The van der Waals surface area contributed by atoms with E-state index in [9.17, 15) is 24.0 Å². The molecule has 4 unspecified atom stereocenters. The summed E-state index contributed by atoms with van der Waals surface area (Å²) in [6.45, 7) is 0.224. The van der Waals surface area contributed by atoms with Crippen LogP contribution in [0.3, 0.4) is 0 Å². The number of hydrogen-bond donors (Lipinski definition) is 10. The van der Waals surface area contributed by atoms with Crippen molar-refractivity contribution in [2.24, 2.45) is 28.7 Å². The summed E-state index contributed by atoms with van der Waals surface area (Å²) in [6, 6.07) is -4.06. The Labute approximate surface area is 189 Å². The van der Waals surface area contributed by atoms with Crippen molar-refractivity contribution in [1.82, 2.24) is 0 Å². The third-order valence-electron chi connectivity index (χ3n) is 3.22. The number of aliphatic carboxylic acids is 4. The van der Waals surface area contributed by atoms with Crippen LogP contribution in [0, 0.1) is 0 Å². The van der Waals surface area contributed by atoms with Gasteiger partial charge in [-0.05, 0) is 19.4 Å². The van der Waals surface area contributed by atoms with Crippen molar-refractivity contribution in [2.45, 2.75) is 49.9 Å². The summed E-state index contributed by atoms with van der Waals surface area (Å²) < 4.78 is 4.50. The van der Waals surface area contributed by atoms with Gasteiger partial charge in [-0.25, -0.2) is 0 Å². The number of unbranched alkanes of at least 4 members (excludes halogenated alkanes) is 1. The summed E-state index contributed by atoms with van der Waals surface area (Å²) in [5, 5.41) is 32.7. The molecule has 32 heavy (non-hydrogen) atoms. The normalized spacial score (nSPS) is 13.6. The number of ether oxygens (including phenoxy) is 1. The number of thiol groups is 1. The molecule has 0 aromatic heterocycles. The van der Waals surface area contributed by atoms with Crippen LogP contribution in [0.4, 0.5) is 0 Å². The molecule has 0 radical (unpaired) electrons. The summed E-state index contributed by atoms with van der Waals surface area (Å²) in [4.78, 5) is 50.8. The highest BCUT2D eigenvalue weighted by atomic mass is 32.1.